The molecule has 0 radical (unpaired) electrons. The number of hydrogen-bond acceptors (Lipinski definition) is 5. The minimum Gasteiger partial charge on any atom is -0.466 e. The van der Waals surface area contributed by atoms with Gasteiger partial charge in [-0.1, -0.05) is 17.2 Å². The number of aromatic amines is 1. The molecule has 1 heterocycles. The maximum Gasteiger partial charge on any atom is 0.354 e. The SMILES string of the molecule is COC(=O)/C(=C/c1ccc(C)c(F)c1)N=[N+]=[N-].COC(=O)c1cc2cc(F)c(C)cc2[nH]1. The number of hydrogen-bond donors (Lipinski definition) is 1. The van der Waals surface area contributed by atoms with Gasteiger partial charge in [0.25, 0.3) is 0 Å². The second-order valence-corrected chi connectivity index (χ2v) is 6.58. The van der Waals surface area contributed by atoms with E-state index in [9.17, 15) is 18.4 Å². The third-order valence-corrected chi connectivity index (χ3v) is 4.35. The standard InChI is InChI=1S/C11H10FN3O2.C11H10FNO2/c1-7-3-4-8(5-9(7)12)6-10(14-15-13)11(16)17-2;1-6-3-9-7(4-8(6)12)5-10(13-9)11(14)15-2/h3-6H,1-2H3;3-5,13H,1-2H3/b10-6-;. The number of halogens is 2. The van der Waals surface area contributed by atoms with Gasteiger partial charge in [-0.05, 0) is 66.4 Å². The molecule has 3 aromatic rings. The Morgan fingerprint density at radius 3 is 2.31 bits per heavy atom. The number of carbonyl (C=O) groups excluding carboxylic acids is 2. The van der Waals surface area contributed by atoms with Crippen molar-refractivity contribution in [3.05, 3.63) is 86.6 Å². The number of nitrogens with one attached hydrogen (secondary N) is 1. The van der Waals surface area contributed by atoms with E-state index in [0.717, 1.165) is 5.52 Å². The van der Waals surface area contributed by atoms with Crippen molar-refractivity contribution >= 4 is 28.9 Å². The van der Waals surface area contributed by atoms with Crippen molar-refractivity contribution in [2.24, 2.45) is 5.11 Å². The van der Waals surface area contributed by atoms with Crippen molar-refractivity contribution in [1.29, 1.82) is 0 Å². The summed E-state index contributed by atoms with van der Waals surface area (Å²) in [5, 5.41) is 3.85. The predicted molar refractivity (Wildman–Crippen MR) is 115 cm³/mol. The molecule has 0 bridgehead atoms. The molecule has 0 aliphatic carbocycles. The van der Waals surface area contributed by atoms with Crippen molar-refractivity contribution in [2.45, 2.75) is 13.8 Å². The Bertz CT molecular complexity index is 1210. The van der Waals surface area contributed by atoms with E-state index in [2.05, 4.69) is 24.5 Å². The van der Waals surface area contributed by atoms with Crippen molar-refractivity contribution in [1.82, 2.24) is 4.98 Å². The van der Waals surface area contributed by atoms with Gasteiger partial charge < -0.3 is 14.5 Å². The fourth-order valence-corrected chi connectivity index (χ4v) is 2.62. The molecule has 0 saturated carbocycles. The van der Waals surface area contributed by atoms with E-state index >= 15 is 0 Å². The zero-order valence-corrected chi connectivity index (χ0v) is 17.8. The van der Waals surface area contributed by atoms with Crippen molar-refractivity contribution in [3.63, 3.8) is 0 Å². The smallest absolute Gasteiger partial charge is 0.354 e. The van der Waals surface area contributed by atoms with Crippen LogP contribution in [0.1, 0.15) is 27.2 Å². The lowest BCUT2D eigenvalue weighted by Crippen LogP contribution is -2.01. The summed E-state index contributed by atoms with van der Waals surface area (Å²) < 4.78 is 35.4. The third kappa shape index (κ3) is 5.93. The molecule has 0 saturated heterocycles. The Labute approximate surface area is 182 Å². The maximum atomic E-state index is 13.2. The molecule has 1 N–H and O–H groups in total. The number of ether oxygens (including phenoxy) is 2. The Morgan fingerprint density at radius 2 is 1.72 bits per heavy atom. The van der Waals surface area contributed by atoms with Gasteiger partial charge in [0, 0.05) is 15.8 Å². The Hall–Kier alpha value is -4.17. The van der Waals surface area contributed by atoms with E-state index in [1.807, 2.05) is 0 Å². The molecule has 0 spiro atoms. The summed E-state index contributed by atoms with van der Waals surface area (Å²) in [5.41, 5.74) is 10.6. The zero-order chi connectivity index (χ0) is 23.8. The first-order chi connectivity index (χ1) is 15.2. The molecule has 0 atom stereocenters. The van der Waals surface area contributed by atoms with Gasteiger partial charge in [0.05, 0.1) is 14.2 Å². The number of esters is 2. The Morgan fingerprint density at radius 1 is 1.03 bits per heavy atom. The number of benzene rings is 2. The lowest BCUT2D eigenvalue weighted by molar-refractivity contribution is -0.136. The van der Waals surface area contributed by atoms with Crippen molar-refractivity contribution < 1.29 is 27.8 Å². The van der Waals surface area contributed by atoms with Crippen LogP contribution in [0.5, 0.6) is 0 Å². The maximum absolute atomic E-state index is 13.2. The second-order valence-electron chi connectivity index (χ2n) is 6.58. The highest BCUT2D eigenvalue weighted by Crippen LogP contribution is 2.20. The lowest BCUT2D eigenvalue weighted by atomic mass is 10.1. The average Bonchev–Trinajstić information content (AvgIpc) is 3.18. The fourth-order valence-electron chi connectivity index (χ4n) is 2.62. The fraction of sp³-hybridized carbons (Fsp3) is 0.182. The summed E-state index contributed by atoms with van der Waals surface area (Å²) >= 11 is 0. The number of carbonyl (C=O) groups is 2. The molecule has 0 aliphatic heterocycles. The van der Waals surface area contributed by atoms with E-state index in [1.165, 1.54) is 32.4 Å². The highest BCUT2D eigenvalue weighted by molar-refractivity contribution is 5.95. The molecule has 3 rings (SSSR count). The Balaban J connectivity index is 0.000000228. The summed E-state index contributed by atoms with van der Waals surface area (Å²) in [6.07, 6.45) is 1.26. The molecule has 0 amide bonds. The first kappa shape index (κ1) is 24.1. The summed E-state index contributed by atoms with van der Waals surface area (Å²) in [7, 11) is 2.47. The molecule has 0 fully saturated rings. The number of azide groups is 1. The van der Waals surface area contributed by atoms with Crippen LogP contribution >= 0.6 is 0 Å². The van der Waals surface area contributed by atoms with Crippen LogP contribution < -0.4 is 0 Å². The normalized spacial score (nSPS) is 10.6. The Kier molecular flexibility index (Phi) is 8.09. The summed E-state index contributed by atoms with van der Waals surface area (Å²) in [6.45, 7) is 3.30. The van der Waals surface area contributed by atoms with Gasteiger partial charge in [-0.2, -0.15) is 0 Å². The van der Waals surface area contributed by atoms with Gasteiger partial charge in [-0.25, -0.2) is 18.4 Å². The van der Waals surface area contributed by atoms with Gasteiger partial charge in [0.15, 0.2) is 0 Å². The number of fused-ring (bicyclic) bond motifs is 1. The van der Waals surface area contributed by atoms with Gasteiger partial charge >= 0.3 is 11.9 Å². The monoisotopic (exact) mass is 442 g/mol. The van der Waals surface area contributed by atoms with Crippen molar-refractivity contribution in [2.75, 3.05) is 14.2 Å². The number of aryl methyl sites for hydroxylation is 2. The molecule has 8 nitrogen and oxygen atoms in total. The molecule has 10 heteroatoms. The summed E-state index contributed by atoms with van der Waals surface area (Å²) in [5.74, 6) is -1.91. The van der Waals surface area contributed by atoms with Crippen LogP contribution in [0, 0.1) is 25.5 Å². The van der Waals surface area contributed by atoms with Gasteiger partial charge in [0.2, 0.25) is 0 Å². The molecular formula is C22H20F2N4O4. The molecule has 2 aromatic carbocycles. The molecule has 0 unspecified atom stereocenters. The number of rotatable bonds is 4. The van der Waals surface area contributed by atoms with E-state index < -0.39 is 17.8 Å². The third-order valence-electron chi connectivity index (χ3n) is 4.35. The van der Waals surface area contributed by atoms with E-state index in [1.54, 1.807) is 38.1 Å². The minimum atomic E-state index is -0.774. The van der Waals surface area contributed by atoms with Crippen LogP contribution in [-0.2, 0) is 14.3 Å². The second kappa shape index (κ2) is 10.7. The topological polar surface area (TPSA) is 117 Å². The highest BCUT2D eigenvalue weighted by Gasteiger charge is 2.11. The summed E-state index contributed by atoms with van der Waals surface area (Å²) in [4.78, 5) is 27.8. The number of methoxy groups -OCH3 is 2. The van der Waals surface area contributed by atoms with E-state index in [4.69, 9.17) is 5.53 Å². The van der Waals surface area contributed by atoms with Crippen LogP contribution in [0.4, 0.5) is 8.78 Å². The molecule has 1 aromatic heterocycles. The first-order valence-corrected chi connectivity index (χ1v) is 9.18. The highest BCUT2D eigenvalue weighted by atomic mass is 19.1. The van der Waals surface area contributed by atoms with Crippen molar-refractivity contribution in [3.8, 4) is 0 Å². The van der Waals surface area contributed by atoms with Gasteiger partial charge in [-0.3, -0.25) is 0 Å². The van der Waals surface area contributed by atoms with Crippen LogP contribution in [0.15, 0.2) is 47.2 Å². The van der Waals surface area contributed by atoms with Crippen LogP contribution in [0.3, 0.4) is 0 Å². The molecule has 0 aliphatic rings. The largest absolute Gasteiger partial charge is 0.466 e. The molecule has 32 heavy (non-hydrogen) atoms. The number of aromatic nitrogens is 1. The minimum absolute atomic E-state index is 0.224. The quantitative estimate of drug-likeness (QED) is 0.192. The molecular weight excluding hydrogens is 422 g/mol. The summed E-state index contributed by atoms with van der Waals surface area (Å²) in [6, 6.07) is 9.04. The van der Waals surface area contributed by atoms with E-state index in [0.29, 0.717) is 27.8 Å². The first-order valence-electron chi connectivity index (χ1n) is 9.18. The van der Waals surface area contributed by atoms with Gasteiger partial charge in [0.1, 0.15) is 23.0 Å². The van der Waals surface area contributed by atoms with Crippen LogP contribution in [0.2, 0.25) is 0 Å². The van der Waals surface area contributed by atoms with Crippen LogP contribution in [-0.4, -0.2) is 31.1 Å². The lowest BCUT2D eigenvalue weighted by Gasteiger charge is -2.00. The predicted octanol–water partition coefficient (Wildman–Crippen LogP) is 5.36. The molecule has 166 valence electrons. The van der Waals surface area contributed by atoms with Gasteiger partial charge in [-0.15, -0.1) is 0 Å². The zero-order valence-electron chi connectivity index (χ0n) is 17.8. The number of nitrogens with zero attached hydrogens (tertiary/aromatic N) is 3. The average molecular weight is 442 g/mol. The van der Waals surface area contributed by atoms with E-state index in [-0.39, 0.29) is 11.5 Å². The number of H-pyrrole nitrogens is 1. The van der Waals surface area contributed by atoms with Crippen LogP contribution in [0.25, 0.3) is 27.4 Å².